The molecule has 0 radical (unpaired) electrons. The average molecular weight is 214 g/mol. The number of allylic oxidation sites excluding steroid dienone is 1. The van der Waals surface area contributed by atoms with Crippen LogP contribution in [0.4, 0.5) is 0 Å². The zero-order valence-corrected chi connectivity index (χ0v) is 8.47. The van der Waals surface area contributed by atoms with E-state index in [1.54, 1.807) is 0 Å². The number of aliphatic carboxylic acids is 2. The van der Waals surface area contributed by atoms with Crippen molar-refractivity contribution in [2.24, 2.45) is 11.8 Å². The van der Waals surface area contributed by atoms with Crippen LogP contribution in [-0.4, -0.2) is 29.3 Å². The van der Waals surface area contributed by atoms with E-state index in [0.717, 1.165) is 5.57 Å². The molecule has 1 aliphatic carbocycles. The van der Waals surface area contributed by atoms with E-state index in [9.17, 15) is 9.59 Å². The predicted octanol–water partition coefficient (Wildman–Crippen LogP) is 1.10. The Labute approximate surface area is 87.4 Å². The van der Waals surface area contributed by atoms with Gasteiger partial charge in [-0.1, -0.05) is 0 Å². The molecule has 0 aromatic rings. The zero-order chi connectivity index (χ0) is 11.4. The Balaban J connectivity index is 2.78. The summed E-state index contributed by atoms with van der Waals surface area (Å²) < 4.78 is 4.80. The molecule has 0 bridgehead atoms. The number of carboxylic acids is 2. The van der Waals surface area contributed by atoms with Crippen LogP contribution in [0.2, 0.25) is 0 Å². The number of rotatable bonds is 3. The lowest BCUT2D eigenvalue weighted by atomic mass is 9.77. The van der Waals surface area contributed by atoms with E-state index < -0.39 is 23.8 Å². The summed E-state index contributed by atoms with van der Waals surface area (Å²) in [4.78, 5) is 21.7. The normalized spacial score (nSPS) is 28.7. The summed E-state index contributed by atoms with van der Waals surface area (Å²) in [5.74, 6) is -3.70. The van der Waals surface area contributed by atoms with Crippen molar-refractivity contribution >= 4 is 11.9 Å². The molecule has 2 N–H and O–H groups in total. The van der Waals surface area contributed by atoms with Gasteiger partial charge in [-0.2, -0.15) is 0 Å². The standard InChI is InChI=1S/C10H14O5/c1-15-5-6-2-3-7(9(11)12)8(4-6)10(13)14/h5,7-8H,2-4H2,1H3,(H,11,12)(H,13,14)/b6-5+/t7-,8-/m0/s1. The molecular weight excluding hydrogens is 200 g/mol. The predicted molar refractivity (Wildman–Crippen MR) is 51.2 cm³/mol. The molecule has 1 rings (SSSR count). The lowest BCUT2D eigenvalue weighted by Crippen LogP contribution is -2.33. The second-order valence-electron chi connectivity index (χ2n) is 3.64. The fraction of sp³-hybridized carbons (Fsp3) is 0.600. The smallest absolute Gasteiger partial charge is 0.307 e. The van der Waals surface area contributed by atoms with E-state index in [1.807, 2.05) is 0 Å². The largest absolute Gasteiger partial charge is 0.504 e. The molecule has 1 aliphatic rings. The van der Waals surface area contributed by atoms with Crippen LogP contribution < -0.4 is 0 Å². The van der Waals surface area contributed by atoms with Crippen LogP contribution in [-0.2, 0) is 14.3 Å². The van der Waals surface area contributed by atoms with Crippen LogP contribution in [0.1, 0.15) is 19.3 Å². The van der Waals surface area contributed by atoms with Gasteiger partial charge >= 0.3 is 11.9 Å². The van der Waals surface area contributed by atoms with Gasteiger partial charge < -0.3 is 14.9 Å². The van der Waals surface area contributed by atoms with Gasteiger partial charge in [-0.3, -0.25) is 9.59 Å². The molecule has 0 aliphatic heterocycles. The quantitative estimate of drug-likeness (QED) is 0.687. The molecule has 0 amide bonds. The molecule has 0 aromatic carbocycles. The summed E-state index contributed by atoms with van der Waals surface area (Å²) in [6.07, 6.45) is 2.73. The third-order valence-electron chi connectivity index (χ3n) is 2.66. The van der Waals surface area contributed by atoms with Crippen molar-refractivity contribution in [3.05, 3.63) is 11.8 Å². The van der Waals surface area contributed by atoms with E-state index in [2.05, 4.69) is 0 Å². The van der Waals surface area contributed by atoms with Crippen molar-refractivity contribution in [1.29, 1.82) is 0 Å². The van der Waals surface area contributed by atoms with E-state index in [0.29, 0.717) is 12.8 Å². The van der Waals surface area contributed by atoms with Crippen molar-refractivity contribution in [3.8, 4) is 0 Å². The lowest BCUT2D eigenvalue weighted by molar-refractivity contribution is -0.154. The van der Waals surface area contributed by atoms with E-state index >= 15 is 0 Å². The Kier molecular flexibility index (Phi) is 3.71. The molecule has 84 valence electrons. The fourth-order valence-corrected chi connectivity index (χ4v) is 1.90. The minimum Gasteiger partial charge on any atom is -0.504 e. The zero-order valence-electron chi connectivity index (χ0n) is 8.47. The first-order chi connectivity index (χ1) is 7.06. The van der Waals surface area contributed by atoms with Crippen LogP contribution in [0.5, 0.6) is 0 Å². The van der Waals surface area contributed by atoms with Crippen LogP contribution in [0, 0.1) is 11.8 Å². The second kappa shape index (κ2) is 4.82. The molecule has 0 unspecified atom stereocenters. The average Bonchev–Trinajstić information content (AvgIpc) is 2.17. The first-order valence-corrected chi connectivity index (χ1v) is 4.72. The van der Waals surface area contributed by atoms with Crippen molar-refractivity contribution in [2.45, 2.75) is 19.3 Å². The molecule has 0 heterocycles. The number of methoxy groups -OCH3 is 1. The Morgan fingerprint density at radius 3 is 2.40 bits per heavy atom. The maximum absolute atomic E-state index is 10.9. The van der Waals surface area contributed by atoms with Gasteiger partial charge in [-0.05, 0) is 24.8 Å². The molecule has 5 heteroatoms. The first-order valence-electron chi connectivity index (χ1n) is 4.72. The van der Waals surface area contributed by atoms with E-state index in [4.69, 9.17) is 14.9 Å². The minimum absolute atomic E-state index is 0.264. The highest BCUT2D eigenvalue weighted by atomic mass is 16.5. The maximum Gasteiger partial charge on any atom is 0.307 e. The molecule has 5 nitrogen and oxygen atoms in total. The molecule has 0 spiro atoms. The summed E-state index contributed by atoms with van der Waals surface area (Å²) in [7, 11) is 1.49. The second-order valence-corrected chi connectivity index (χ2v) is 3.64. The highest BCUT2D eigenvalue weighted by molar-refractivity contribution is 5.80. The minimum atomic E-state index is -1.05. The van der Waals surface area contributed by atoms with Crippen LogP contribution in [0.3, 0.4) is 0 Å². The summed E-state index contributed by atoms with van der Waals surface area (Å²) in [6.45, 7) is 0. The Hall–Kier alpha value is -1.52. The maximum atomic E-state index is 10.9. The number of hydrogen-bond donors (Lipinski definition) is 2. The highest BCUT2D eigenvalue weighted by Crippen LogP contribution is 2.33. The summed E-state index contributed by atoms with van der Waals surface area (Å²) in [6, 6.07) is 0. The van der Waals surface area contributed by atoms with Crippen LogP contribution >= 0.6 is 0 Å². The summed E-state index contributed by atoms with van der Waals surface area (Å²) in [5, 5.41) is 17.8. The first kappa shape index (κ1) is 11.6. The third-order valence-corrected chi connectivity index (χ3v) is 2.66. The van der Waals surface area contributed by atoms with Gasteiger partial charge in [-0.15, -0.1) is 0 Å². The van der Waals surface area contributed by atoms with Gasteiger partial charge in [-0.25, -0.2) is 0 Å². The van der Waals surface area contributed by atoms with Crippen molar-refractivity contribution in [3.63, 3.8) is 0 Å². The molecule has 1 saturated carbocycles. The summed E-state index contributed by atoms with van der Waals surface area (Å²) >= 11 is 0. The molecular formula is C10H14O5. The van der Waals surface area contributed by atoms with Gasteiger partial charge in [0.25, 0.3) is 0 Å². The van der Waals surface area contributed by atoms with Crippen molar-refractivity contribution < 1.29 is 24.5 Å². The number of ether oxygens (including phenoxy) is 1. The van der Waals surface area contributed by atoms with Gasteiger partial charge in [0, 0.05) is 0 Å². The number of hydrogen-bond acceptors (Lipinski definition) is 3. The van der Waals surface area contributed by atoms with Gasteiger partial charge in [0.05, 0.1) is 25.2 Å². The third kappa shape index (κ3) is 2.71. The highest BCUT2D eigenvalue weighted by Gasteiger charge is 2.37. The number of carbonyl (C=O) groups is 2. The Morgan fingerprint density at radius 1 is 1.33 bits per heavy atom. The van der Waals surface area contributed by atoms with Crippen LogP contribution in [0.15, 0.2) is 11.8 Å². The topological polar surface area (TPSA) is 83.8 Å². The molecule has 15 heavy (non-hydrogen) atoms. The molecule has 0 aromatic heterocycles. The monoisotopic (exact) mass is 214 g/mol. The van der Waals surface area contributed by atoms with E-state index in [-0.39, 0.29) is 6.42 Å². The fourth-order valence-electron chi connectivity index (χ4n) is 1.90. The van der Waals surface area contributed by atoms with Crippen molar-refractivity contribution in [1.82, 2.24) is 0 Å². The Morgan fingerprint density at radius 2 is 1.93 bits per heavy atom. The molecule has 2 atom stereocenters. The van der Waals surface area contributed by atoms with Crippen LogP contribution in [0.25, 0.3) is 0 Å². The summed E-state index contributed by atoms with van der Waals surface area (Å²) in [5.41, 5.74) is 0.863. The Bertz CT molecular complexity index is 294. The van der Waals surface area contributed by atoms with Gasteiger partial charge in [0.2, 0.25) is 0 Å². The number of carboxylic acid groups (broad SMARTS) is 2. The SMILES string of the molecule is CO/C=C1\CC[C@H](C(=O)O)[C@@H](C(=O)O)C1. The molecule has 0 saturated heterocycles. The lowest BCUT2D eigenvalue weighted by Gasteiger charge is -2.26. The van der Waals surface area contributed by atoms with Gasteiger partial charge in [0.1, 0.15) is 0 Å². The van der Waals surface area contributed by atoms with Gasteiger partial charge in [0.15, 0.2) is 0 Å². The van der Waals surface area contributed by atoms with E-state index in [1.165, 1.54) is 13.4 Å². The van der Waals surface area contributed by atoms with Crippen molar-refractivity contribution in [2.75, 3.05) is 7.11 Å². The molecule has 1 fully saturated rings.